The van der Waals surface area contributed by atoms with Gasteiger partial charge < -0.3 is 9.74 Å². The van der Waals surface area contributed by atoms with Crippen LogP contribution in [0.3, 0.4) is 0 Å². The van der Waals surface area contributed by atoms with Crippen molar-refractivity contribution in [2.24, 2.45) is 17.0 Å². The summed E-state index contributed by atoms with van der Waals surface area (Å²) in [7, 11) is 1.55. The van der Waals surface area contributed by atoms with Crippen molar-refractivity contribution in [1.82, 2.24) is 4.90 Å². The van der Waals surface area contributed by atoms with Gasteiger partial charge in [0, 0.05) is 19.0 Å². The molecule has 4 nitrogen and oxygen atoms in total. The first-order valence-corrected chi connectivity index (χ1v) is 5.04. The normalized spacial score (nSPS) is 35.7. The van der Waals surface area contributed by atoms with E-state index in [0.717, 1.165) is 12.3 Å². The quantitative estimate of drug-likeness (QED) is 0.493. The molecule has 0 aromatic heterocycles. The van der Waals surface area contributed by atoms with Crippen LogP contribution < -0.4 is 0 Å². The van der Waals surface area contributed by atoms with E-state index in [-0.39, 0.29) is 0 Å². The first-order valence-electron chi connectivity index (χ1n) is 5.04. The van der Waals surface area contributed by atoms with E-state index < -0.39 is 0 Å². The van der Waals surface area contributed by atoms with Gasteiger partial charge in [-0.2, -0.15) is 5.26 Å². The molecule has 0 saturated carbocycles. The number of hydrogen-bond acceptors (Lipinski definition) is 4. The average molecular weight is 193 g/mol. The topological polar surface area (TPSA) is 48.6 Å². The van der Waals surface area contributed by atoms with Gasteiger partial charge in [-0.25, -0.2) is 0 Å². The number of oxime groups is 1. The second kappa shape index (κ2) is 3.97. The van der Waals surface area contributed by atoms with E-state index in [1.54, 1.807) is 7.11 Å². The highest BCUT2D eigenvalue weighted by atomic mass is 16.6. The zero-order valence-corrected chi connectivity index (χ0v) is 8.44. The van der Waals surface area contributed by atoms with Crippen molar-refractivity contribution in [3.8, 4) is 6.07 Å². The SMILES string of the molecule is CO/N=C(\CC#N)C1CN2CCC1C2. The lowest BCUT2D eigenvalue weighted by molar-refractivity contribution is 0.208. The number of nitrogens with zero attached hydrogens (tertiary/aromatic N) is 3. The Balaban J connectivity index is 2.06. The molecule has 2 heterocycles. The molecule has 2 bridgehead atoms. The van der Waals surface area contributed by atoms with Gasteiger partial charge in [-0.05, 0) is 18.9 Å². The largest absolute Gasteiger partial charge is 0.399 e. The molecule has 0 N–H and O–H groups in total. The summed E-state index contributed by atoms with van der Waals surface area (Å²) in [5, 5.41) is 12.7. The number of fused-ring (bicyclic) bond motifs is 2. The van der Waals surface area contributed by atoms with E-state index in [4.69, 9.17) is 10.1 Å². The van der Waals surface area contributed by atoms with E-state index in [0.29, 0.717) is 18.3 Å². The van der Waals surface area contributed by atoms with Crippen LogP contribution in [-0.4, -0.2) is 37.4 Å². The van der Waals surface area contributed by atoms with Crippen LogP contribution in [0, 0.1) is 23.2 Å². The summed E-state index contributed by atoms with van der Waals surface area (Å²) in [5.74, 6) is 1.17. The average Bonchev–Trinajstić information content (AvgIpc) is 2.78. The Hall–Kier alpha value is -1.08. The third-order valence-electron chi connectivity index (χ3n) is 3.23. The first-order chi connectivity index (χ1) is 6.85. The summed E-state index contributed by atoms with van der Waals surface area (Å²) in [6.45, 7) is 3.46. The Morgan fingerprint density at radius 3 is 3.00 bits per heavy atom. The summed E-state index contributed by atoms with van der Waals surface area (Å²) in [5.41, 5.74) is 0.933. The third-order valence-corrected chi connectivity index (χ3v) is 3.23. The predicted molar refractivity (Wildman–Crippen MR) is 52.7 cm³/mol. The molecule has 2 saturated heterocycles. The Morgan fingerprint density at radius 1 is 1.64 bits per heavy atom. The molecule has 0 spiro atoms. The molecular formula is C10H15N3O. The molecule has 2 aliphatic rings. The molecule has 0 radical (unpaired) electrons. The molecule has 76 valence electrons. The van der Waals surface area contributed by atoms with E-state index >= 15 is 0 Å². The van der Waals surface area contributed by atoms with E-state index in [1.165, 1.54) is 19.5 Å². The van der Waals surface area contributed by atoms with Gasteiger partial charge in [-0.3, -0.25) is 0 Å². The maximum atomic E-state index is 8.69. The van der Waals surface area contributed by atoms with E-state index in [9.17, 15) is 0 Å². The van der Waals surface area contributed by atoms with Gasteiger partial charge in [-0.15, -0.1) is 0 Å². The number of piperidine rings is 1. The van der Waals surface area contributed by atoms with Crippen molar-refractivity contribution in [3.63, 3.8) is 0 Å². The molecule has 14 heavy (non-hydrogen) atoms. The highest BCUT2D eigenvalue weighted by molar-refractivity contribution is 5.88. The summed E-state index contributed by atoms with van der Waals surface area (Å²) in [6, 6.07) is 2.16. The van der Waals surface area contributed by atoms with Crippen molar-refractivity contribution in [2.75, 3.05) is 26.7 Å². The Labute approximate surface area is 84.1 Å². The van der Waals surface area contributed by atoms with Crippen molar-refractivity contribution >= 4 is 5.71 Å². The van der Waals surface area contributed by atoms with Crippen molar-refractivity contribution < 1.29 is 4.84 Å². The second-order valence-corrected chi connectivity index (χ2v) is 4.01. The fourth-order valence-electron chi connectivity index (χ4n) is 2.59. The van der Waals surface area contributed by atoms with Gasteiger partial charge in [0.25, 0.3) is 0 Å². The highest BCUT2D eigenvalue weighted by Crippen LogP contribution is 2.34. The van der Waals surface area contributed by atoms with Gasteiger partial charge in [0.15, 0.2) is 0 Å². The lowest BCUT2D eigenvalue weighted by Crippen LogP contribution is -2.29. The second-order valence-electron chi connectivity index (χ2n) is 4.01. The van der Waals surface area contributed by atoms with Gasteiger partial charge >= 0.3 is 0 Å². The summed E-state index contributed by atoms with van der Waals surface area (Å²) in [6.07, 6.45) is 1.65. The van der Waals surface area contributed by atoms with Crippen LogP contribution in [-0.2, 0) is 4.84 Å². The summed E-state index contributed by atoms with van der Waals surface area (Å²) < 4.78 is 0. The van der Waals surface area contributed by atoms with Crippen molar-refractivity contribution in [1.29, 1.82) is 5.26 Å². The lowest BCUT2D eigenvalue weighted by atomic mass is 9.87. The van der Waals surface area contributed by atoms with Crippen LogP contribution in [0.1, 0.15) is 12.8 Å². The third kappa shape index (κ3) is 1.60. The molecule has 3 unspecified atom stereocenters. The predicted octanol–water partition coefficient (Wildman–Crippen LogP) is 0.854. The maximum absolute atomic E-state index is 8.69. The summed E-state index contributed by atoms with van der Waals surface area (Å²) in [4.78, 5) is 7.24. The number of nitriles is 1. The minimum atomic E-state index is 0.406. The molecule has 2 aliphatic heterocycles. The maximum Gasteiger partial charge on any atom is 0.106 e. The molecule has 0 amide bonds. The monoisotopic (exact) mass is 193 g/mol. The minimum absolute atomic E-state index is 0.406. The summed E-state index contributed by atoms with van der Waals surface area (Å²) >= 11 is 0. The Kier molecular flexibility index (Phi) is 2.69. The highest BCUT2D eigenvalue weighted by Gasteiger charge is 2.40. The van der Waals surface area contributed by atoms with Crippen molar-refractivity contribution in [3.05, 3.63) is 0 Å². The van der Waals surface area contributed by atoms with Gasteiger partial charge in [0.1, 0.15) is 7.11 Å². The van der Waals surface area contributed by atoms with Crippen LogP contribution in [0.25, 0.3) is 0 Å². The Bertz CT molecular complexity index is 282. The molecule has 0 aromatic carbocycles. The molecule has 2 rings (SSSR count). The van der Waals surface area contributed by atoms with Gasteiger partial charge in [0.05, 0.1) is 18.2 Å². The van der Waals surface area contributed by atoms with Gasteiger partial charge in [-0.1, -0.05) is 5.16 Å². The van der Waals surface area contributed by atoms with Crippen molar-refractivity contribution in [2.45, 2.75) is 12.8 Å². The molecule has 0 aliphatic carbocycles. The zero-order chi connectivity index (χ0) is 9.97. The lowest BCUT2D eigenvalue weighted by Gasteiger charge is -2.21. The van der Waals surface area contributed by atoms with Gasteiger partial charge in [0.2, 0.25) is 0 Å². The van der Waals surface area contributed by atoms with Crippen LogP contribution in [0.15, 0.2) is 5.16 Å². The van der Waals surface area contributed by atoms with Crippen LogP contribution in [0.5, 0.6) is 0 Å². The number of hydrogen-bond donors (Lipinski definition) is 0. The van der Waals surface area contributed by atoms with E-state index in [1.807, 2.05) is 0 Å². The zero-order valence-electron chi connectivity index (χ0n) is 8.44. The molecule has 2 fully saturated rings. The van der Waals surface area contributed by atoms with E-state index in [2.05, 4.69) is 16.1 Å². The fraction of sp³-hybridized carbons (Fsp3) is 0.800. The molecule has 3 atom stereocenters. The molecular weight excluding hydrogens is 178 g/mol. The first kappa shape index (κ1) is 9.47. The van der Waals surface area contributed by atoms with Crippen LogP contribution >= 0.6 is 0 Å². The molecule has 4 heteroatoms. The number of rotatable bonds is 3. The Morgan fingerprint density at radius 2 is 2.50 bits per heavy atom. The smallest absolute Gasteiger partial charge is 0.106 e. The molecule has 0 aromatic rings. The fourth-order valence-corrected chi connectivity index (χ4v) is 2.59. The van der Waals surface area contributed by atoms with Crippen LogP contribution in [0.4, 0.5) is 0 Å². The minimum Gasteiger partial charge on any atom is -0.399 e. The van der Waals surface area contributed by atoms with Crippen LogP contribution in [0.2, 0.25) is 0 Å². The standard InChI is InChI=1S/C10H15N3O/c1-14-12-10(2-4-11)9-7-13-5-3-8(9)6-13/h8-9H,2-3,5-7H2,1H3/b12-10+.